The van der Waals surface area contributed by atoms with Gasteiger partial charge in [0.2, 0.25) is 12.7 Å². The molecule has 1 aliphatic heterocycles. The fraction of sp³-hybridized carbons (Fsp3) is 0.640. The van der Waals surface area contributed by atoms with Crippen LogP contribution in [0.25, 0.3) is 5.52 Å². The molecular formula is C25H37N5O9. The predicted octanol–water partition coefficient (Wildman–Crippen LogP) is 1.08. The van der Waals surface area contributed by atoms with Crippen molar-refractivity contribution in [1.82, 2.24) is 14.6 Å². The number of hydrogen-bond donors (Lipinski definition) is 4. The van der Waals surface area contributed by atoms with Crippen molar-refractivity contribution < 1.29 is 43.5 Å². The van der Waals surface area contributed by atoms with Crippen molar-refractivity contribution in [3.05, 3.63) is 24.2 Å². The average molecular weight is 552 g/mol. The molecule has 1 saturated heterocycles. The quantitative estimate of drug-likeness (QED) is 0.283. The number of anilines is 1. The number of ether oxygens (including phenoxy) is 4. The number of aromatic nitrogens is 3. The number of nitrogens with two attached hydrogens (primary N) is 1. The van der Waals surface area contributed by atoms with Gasteiger partial charge in [-0.3, -0.25) is 9.59 Å². The summed E-state index contributed by atoms with van der Waals surface area (Å²) in [6.07, 6.45) is -3.91. The molecule has 0 bridgehead atoms. The Morgan fingerprint density at radius 3 is 2.44 bits per heavy atom. The number of aliphatic hydroxyl groups is 2. The molecule has 3 rings (SSSR count). The summed E-state index contributed by atoms with van der Waals surface area (Å²) in [4.78, 5) is 40.5. The minimum absolute atomic E-state index is 0.201. The Morgan fingerprint density at radius 1 is 1.15 bits per heavy atom. The van der Waals surface area contributed by atoms with Gasteiger partial charge in [-0.1, -0.05) is 20.8 Å². The maximum atomic E-state index is 12.7. The van der Waals surface area contributed by atoms with Gasteiger partial charge in [0, 0.05) is 0 Å². The average Bonchev–Trinajstić information content (AvgIpc) is 3.37. The highest BCUT2D eigenvalue weighted by molar-refractivity contribution is 5.97. The van der Waals surface area contributed by atoms with Crippen molar-refractivity contribution in [2.75, 3.05) is 18.7 Å². The third-order valence-corrected chi connectivity index (χ3v) is 6.43. The van der Waals surface area contributed by atoms with Crippen LogP contribution in [0.4, 0.5) is 10.6 Å². The lowest BCUT2D eigenvalue weighted by atomic mass is 9.87. The van der Waals surface area contributed by atoms with E-state index in [-0.39, 0.29) is 5.82 Å². The Kier molecular flexibility index (Phi) is 8.55. The molecule has 14 heteroatoms. The third-order valence-electron chi connectivity index (χ3n) is 6.43. The number of aliphatic hydroxyl groups excluding tert-OH is 2. The van der Waals surface area contributed by atoms with Crippen molar-refractivity contribution >= 4 is 29.4 Å². The van der Waals surface area contributed by atoms with E-state index in [1.807, 2.05) is 20.8 Å². The summed E-state index contributed by atoms with van der Waals surface area (Å²) in [6, 6.07) is 2.44. The Morgan fingerprint density at radius 2 is 1.82 bits per heavy atom. The molecule has 2 aromatic heterocycles. The summed E-state index contributed by atoms with van der Waals surface area (Å²) in [7, 11) is 0. The van der Waals surface area contributed by atoms with Crippen LogP contribution in [0, 0.1) is 10.8 Å². The molecule has 1 fully saturated rings. The van der Waals surface area contributed by atoms with E-state index in [9.17, 15) is 24.6 Å². The summed E-state index contributed by atoms with van der Waals surface area (Å²) in [5, 5.41) is 28.5. The monoisotopic (exact) mass is 551 g/mol. The zero-order valence-electron chi connectivity index (χ0n) is 23.1. The van der Waals surface area contributed by atoms with Crippen LogP contribution in [0.5, 0.6) is 0 Å². The summed E-state index contributed by atoms with van der Waals surface area (Å²) in [5.74, 6) is -0.791. The Hall–Kier alpha value is -3.33. The number of nitrogens with one attached hydrogen (secondary N) is 1. The molecule has 3 heterocycles. The zero-order valence-corrected chi connectivity index (χ0v) is 23.1. The Balaban J connectivity index is 1.70. The lowest BCUT2D eigenvalue weighted by Gasteiger charge is -2.27. The number of carbonyl (C=O) groups excluding carboxylic acids is 3. The second kappa shape index (κ2) is 11.0. The molecule has 5 N–H and O–H groups in total. The van der Waals surface area contributed by atoms with Crippen LogP contribution < -0.4 is 11.1 Å². The molecule has 39 heavy (non-hydrogen) atoms. The molecule has 0 aliphatic carbocycles. The van der Waals surface area contributed by atoms with Gasteiger partial charge in [0.05, 0.1) is 17.2 Å². The number of fused-ring (bicyclic) bond motifs is 1. The minimum atomic E-state index is -1.48. The van der Waals surface area contributed by atoms with Crippen LogP contribution in [0.2, 0.25) is 0 Å². The smallest absolute Gasteiger partial charge is 0.431 e. The normalized spacial score (nSPS) is 24.3. The molecule has 2 aromatic rings. The van der Waals surface area contributed by atoms with Crippen molar-refractivity contribution in [1.29, 1.82) is 0 Å². The van der Waals surface area contributed by atoms with Gasteiger partial charge in [-0.25, -0.2) is 14.3 Å². The van der Waals surface area contributed by atoms with Crippen LogP contribution in [0.3, 0.4) is 0 Å². The van der Waals surface area contributed by atoms with E-state index in [2.05, 4.69) is 15.4 Å². The lowest BCUT2D eigenvalue weighted by Crippen LogP contribution is -2.45. The Bertz CT molecular complexity index is 1220. The van der Waals surface area contributed by atoms with Crippen LogP contribution in [-0.2, 0) is 34.1 Å². The molecule has 1 aliphatic rings. The molecule has 0 radical (unpaired) electrons. The number of rotatable bonds is 7. The molecule has 0 spiro atoms. The van der Waals surface area contributed by atoms with Gasteiger partial charge in [-0.05, 0) is 45.2 Å². The van der Waals surface area contributed by atoms with E-state index in [1.165, 1.54) is 10.8 Å². The molecule has 0 aromatic carbocycles. The van der Waals surface area contributed by atoms with Gasteiger partial charge < -0.3 is 40.2 Å². The fourth-order valence-corrected chi connectivity index (χ4v) is 3.86. The van der Waals surface area contributed by atoms with E-state index >= 15 is 0 Å². The van der Waals surface area contributed by atoms with Crippen LogP contribution in [-0.4, -0.2) is 80.6 Å². The highest BCUT2D eigenvalue weighted by atomic mass is 16.8. The van der Waals surface area contributed by atoms with Gasteiger partial charge in [0.25, 0.3) is 0 Å². The predicted molar refractivity (Wildman–Crippen MR) is 136 cm³/mol. The van der Waals surface area contributed by atoms with E-state index in [1.54, 1.807) is 39.8 Å². The van der Waals surface area contributed by atoms with E-state index < -0.39 is 72.2 Å². The molecule has 14 nitrogen and oxygen atoms in total. The number of esters is 1. The first kappa shape index (κ1) is 30.2. The van der Waals surface area contributed by atoms with Gasteiger partial charge in [0.1, 0.15) is 42.4 Å². The van der Waals surface area contributed by atoms with E-state index in [0.717, 1.165) is 0 Å². The third kappa shape index (κ3) is 6.46. The van der Waals surface area contributed by atoms with Crippen molar-refractivity contribution in [3.8, 4) is 0 Å². The standard InChI is InChI=1S/C25H37N5O9/c1-23(2,3)17(26)20(33)29-19-13-8-9-15(30(13)28-11-27-19)25(7)18(32)16(31)14(39-25)10-36-22(35)38-12-37-21(34)24(4,5)6/h8-9,11,14,16-18,31-32H,10,12,26H2,1-7H3,(H,27,28,29,33)/t14-,16-,17-,18-,25+/m1/s1. The number of amides is 1. The summed E-state index contributed by atoms with van der Waals surface area (Å²) in [6.45, 7) is 10.9. The maximum Gasteiger partial charge on any atom is 0.511 e. The number of carbonyl (C=O) groups is 3. The SMILES string of the molecule is CC(C)(C)C(=O)OCOC(=O)OC[C@H]1O[C@@](C)(c2ccc3c(NC(=O)[C@@H](N)C(C)(C)C)ncnn23)[C@H](O)[C@@H]1O. The van der Waals surface area contributed by atoms with Gasteiger partial charge in [-0.15, -0.1) is 0 Å². The van der Waals surface area contributed by atoms with Crippen molar-refractivity contribution in [2.45, 2.75) is 78.4 Å². The van der Waals surface area contributed by atoms with Gasteiger partial charge >= 0.3 is 12.1 Å². The Labute approximate surface area is 225 Å². The molecule has 216 valence electrons. The summed E-state index contributed by atoms with van der Waals surface area (Å²) >= 11 is 0. The van der Waals surface area contributed by atoms with Crippen LogP contribution in [0.1, 0.15) is 54.2 Å². The summed E-state index contributed by atoms with van der Waals surface area (Å²) in [5.41, 5.74) is 4.08. The molecular weight excluding hydrogens is 514 g/mol. The van der Waals surface area contributed by atoms with Crippen molar-refractivity contribution in [2.24, 2.45) is 16.6 Å². The summed E-state index contributed by atoms with van der Waals surface area (Å²) < 4.78 is 21.9. The number of hydrogen-bond acceptors (Lipinski definition) is 12. The van der Waals surface area contributed by atoms with Crippen LogP contribution in [0.15, 0.2) is 18.5 Å². The van der Waals surface area contributed by atoms with Crippen LogP contribution >= 0.6 is 0 Å². The molecule has 5 atom stereocenters. The van der Waals surface area contributed by atoms with E-state index in [4.69, 9.17) is 24.7 Å². The first-order valence-electron chi connectivity index (χ1n) is 12.4. The second-order valence-corrected chi connectivity index (χ2v) is 11.7. The van der Waals surface area contributed by atoms with Crippen molar-refractivity contribution in [3.63, 3.8) is 0 Å². The molecule has 1 amide bonds. The fourth-order valence-electron chi connectivity index (χ4n) is 3.86. The largest absolute Gasteiger partial charge is 0.511 e. The minimum Gasteiger partial charge on any atom is -0.431 e. The lowest BCUT2D eigenvalue weighted by molar-refractivity contribution is -0.163. The highest BCUT2D eigenvalue weighted by Crippen LogP contribution is 2.40. The number of nitrogens with zero attached hydrogens (tertiary/aromatic N) is 3. The molecule has 0 saturated carbocycles. The second-order valence-electron chi connectivity index (χ2n) is 11.7. The first-order chi connectivity index (χ1) is 18.0. The zero-order chi connectivity index (χ0) is 29.3. The maximum absolute atomic E-state index is 12.7. The molecule has 0 unspecified atom stereocenters. The van der Waals surface area contributed by atoms with E-state index in [0.29, 0.717) is 11.2 Å². The van der Waals surface area contributed by atoms with Gasteiger partial charge in [0.15, 0.2) is 5.82 Å². The highest BCUT2D eigenvalue weighted by Gasteiger charge is 2.54. The van der Waals surface area contributed by atoms with Gasteiger partial charge in [-0.2, -0.15) is 5.10 Å². The topological polar surface area (TPSA) is 197 Å². The first-order valence-corrected chi connectivity index (χ1v) is 12.4.